The molecule has 0 radical (unpaired) electrons. The predicted molar refractivity (Wildman–Crippen MR) is 63.2 cm³/mol. The Kier molecular flexibility index (Phi) is 3.96. The third-order valence-corrected chi connectivity index (χ3v) is 3.56. The lowest BCUT2D eigenvalue weighted by atomic mass is 9.91. The molecular formula is C12H21N3O. The number of aliphatic hydroxyl groups excluding tert-OH is 1. The largest absolute Gasteiger partial charge is 0.395 e. The van der Waals surface area contributed by atoms with E-state index in [1.54, 1.807) is 0 Å². The predicted octanol–water partition coefficient (Wildman–Crippen LogP) is 0.809. The van der Waals surface area contributed by atoms with Crippen LogP contribution >= 0.6 is 0 Å². The Morgan fingerprint density at radius 2 is 2.31 bits per heavy atom. The summed E-state index contributed by atoms with van der Waals surface area (Å²) in [4.78, 5) is 2.41. The Hall–Kier alpha value is -0.870. The molecule has 1 aromatic rings. The van der Waals surface area contributed by atoms with Crippen molar-refractivity contribution in [3.05, 3.63) is 18.0 Å². The average Bonchev–Trinajstić information content (AvgIpc) is 2.58. The van der Waals surface area contributed by atoms with Gasteiger partial charge in [0.25, 0.3) is 0 Å². The molecule has 2 rings (SSSR count). The Labute approximate surface area is 96.9 Å². The summed E-state index contributed by atoms with van der Waals surface area (Å²) in [7, 11) is 1.98. The topological polar surface area (TPSA) is 41.3 Å². The molecule has 0 aromatic carbocycles. The summed E-state index contributed by atoms with van der Waals surface area (Å²) in [6, 6.07) is 2.78. The smallest absolute Gasteiger partial charge is 0.0558 e. The molecule has 0 saturated heterocycles. The second kappa shape index (κ2) is 5.46. The summed E-state index contributed by atoms with van der Waals surface area (Å²) in [6.45, 7) is 2.11. The summed E-state index contributed by atoms with van der Waals surface area (Å²) in [5.41, 5.74) is 1.27. The van der Waals surface area contributed by atoms with Gasteiger partial charge >= 0.3 is 0 Å². The first-order chi connectivity index (χ1) is 7.81. The number of aromatic nitrogens is 2. The van der Waals surface area contributed by atoms with Crippen molar-refractivity contribution < 1.29 is 5.11 Å². The van der Waals surface area contributed by atoms with Crippen LogP contribution < -0.4 is 0 Å². The lowest BCUT2D eigenvalue weighted by molar-refractivity contribution is 0.102. The molecule has 0 atom stereocenters. The van der Waals surface area contributed by atoms with E-state index < -0.39 is 0 Å². The molecule has 1 N–H and O–H groups in total. The van der Waals surface area contributed by atoms with E-state index in [1.807, 2.05) is 17.9 Å². The summed E-state index contributed by atoms with van der Waals surface area (Å²) >= 11 is 0. The van der Waals surface area contributed by atoms with Crippen molar-refractivity contribution in [2.24, 2.45) is 7.05 Å². The standard InChI is InChI=1S/C12H21N3O/c1-14-11(5-7-13-14)6-8-15(9-10-16)12-3-2-4-12/h5,7,12,16H,2-4,6,8-10H2,1H3. The Balaban J connectivity index is 1.83. The van der Waals surface area contributed by atoms with Gasteiger partial charge in [0.1, 0.15) is 0 Å². The highest BCUT2D eigenvalue weighted by Crippen LogP contribution is 2.24. The van der Waals surface area contributed by atoms with Crippen LogP contribution in [0.3, 0.4) is 0 Å². The van der Waals surface area contributed by atoms with E-state index in [-0.39, 0.29) is 6.61 Å². The number of hydrogen-bond donors (Lipinski definition) is 1. The SMILES string of the molecule is Cn1nccc1CCN(CCO)C1CCC1. The third-order valence-electron chi connectivity index (χ3n) is 3.56. The quantitative estimate of drug-likeness (QED) is 0.776. The second-order valence-electron chi connectivity index (χ2n) is 4.54. The van der Waals surface area contributed by atoms with E-state index in [2.05, 4.69) is 16.1 Å². The molecular weight excluding hydrogens is 202 g/mol. The number of aliphatic hydroxyl groups is 1. The fourth-order valence-electron chi connectivity index (χ4n) is 2.26. The van der Waals surface area contributed by atoms with Gasteiger partial charge in [0.2, 0.25) is 0 Å². The molecule has 1 aliphatic carbocycles. The van der Waals surface area contributed by atoms with Crippen molar-refractivity contribution in [2.45, 2.75) is 31.7 Å². The van der Waals surface area contributed by atoms with Crippen LogP contribution in [0.1, 0.15) is 25.0 Å². The van der Waals surface area contributed by atoms with Crippen molar-refractivity contribution >= 4 is 0 Å². The van der Waals surface area contributed by atoms with Gasteiger partial charge in [-0.2, -0.15) is 5.10 Å². The second-order valence-corrected chi connectivity index (χ2v) is 4.54. The molecule has 0 aliphatic heterocycles. The zero-order valence-electron chi connectivity index (χ0n) is 9.97. The first kappa shape index (κ1) is 11.6. The maximum Gasteiger partial charge on any atom is 0.0558 e. The maximum atomic E-state index is 9.06. The summed E-state index contributed by atoms with van der Waals surface area (Å²) < 4.78 is 1.93. The maximum absolute atomic E-state index is 9.06. The van der Waals surface area contributed by atoms with Gasteiger partial charge in [-0.1, -0.05) is 6.42 Å². The minimum atomic E-state index is 0.266. The number of hydrogen-bond acceptors (Lipinski definition) is 3. The van der Waals surface area contributed by atoms with E-state index in [0.717, 1.165) is 19.5 Å². The van der Waals surface area contributed by atoms with Gasteiger partial charge in [-0.05, 0) is 18.9 Å². The highest BCUT2D eigenvalue weighted by Gasteiger charge is 2.24. The third kappa shape index (κ3) is 2.62. The molecule has 4 heteroatoms. The van der Waals surface area contributed by atoms with Crippen molar-refractivity contribution in [1.82, 2.24) is 14.7 Å². The molecule has 0 spiro atoms. The molecule has 0 bridgehead atoms. The van der Waals surface area contributed by atoms with Crippen molar-refractivity contribution in [1.29, 1.82) is 0 Å². The van der Waals surface area contributed by atoms with Gasteiger partial charge in [-0.25, -0.2) is 0 Å². The van der Waals surface area contributed by atoms with Gasteiger partial charge in [0, 0.05) is 44.5 Å². The number of nitrogens with zero attached hydrogens (tertiary/aromatic N) is 3. The molecule has 1 fully saturated rings. The summed E-state index contributed by atoms with van der Waals surface area (Å²) in [5, 5.41) is 13.2. The van der Waals surface area contributed by atoms with Crippen LogP contribution in [0.4, 0.5) is 0 Å². The Morgan fingerprint density at radius 3 is 2.81 bits per heavy atom. The fourth-order valence-corrected chi connectivity index (χ4v) is 2.26. The van der Waals surface area contributed by atoms with Crippen molar-refractivity contribution in [3.8, 4) is 0 Å². The highest BCUT2D eigenvalue weighted by atomic mass is 16.3. The minimum Gasteiger partial charge on any atom is -0.395 e. The molecule has 1 aliphatic rings. The molecule has 0 amide bonds. The van der Waals surface area contributed by atoms with Gasteiger partial charge in [0.15, 0.2) is 0 Å². The van der Waals surface area contributed by atoms with Crippen LogP contribution in [-0.4, -0.2) is 45.5 Å². The number of aryl methyl sites for hydroxylation is 1. The Morgan fingerprint density at radius 1 is 1.50 bits per heavy atom. The minimum absolute atomic E-state index is 0.266. The summed E-state index contributed by atoms with van der Waals surface area (Å²) in [5.74, 6) is 0. The van der Waals surface area contributed by atoms with E-state index >= 15 is 0 Å². The highest BCUT2D eigenvalue weighted by molar-refractivity contribution is 5.00. The Bertz CT molecular complexity index is 320. The lowest BCUT2D eigenvalue weighted by Crippen LogP contribution is -2.42. The van der Waals surface area contributed by atoms with Gasteiger partial charge < -0.3 is 5.11 Å². The van der Waals surface area contributed by atoms with E-state index in [0.29, 0.717) is 6.04 Å². The van der Waals surface area contributed by atoms with Crippen LogP contribution in [0.15, 0.2) is 12.3 Å². The average molecular weight is 223 g/mol. The molecule has 1 heterocycles. The number of rotatable bonds is 6. The van der Waals surface area contributed by atoms with Crippen LogP contribution in [0.25, 0.3) is 0 Å². The molecule has 90 valence electrons. The molecule has 0 unspecified atom stereocenters. The molecule has 4 nitrogen and oxygen atoms in total. The van der Waals surface area contributed by atoms with Gasteiger partial charge in [-0.3, -0.25) is 9.58 Å². The first-order valence-electron chi connectivity index (χ1n) is 6.13. The first-order valence-corrected chi connectivity index (χ1v) is 6.13. The van der Waals surface area contributed by atoms with Gasteiger partial charge in [-0.15, -0.1) is 0 Å². The van der Waals surface area contributed by atoms with Crippen LogP contribution in [0.5, 0.6) is 0 Å². The fraction of sp³-hybridized carbons (Fsp3) is 0.750. The van der Waals surface area contributed by atoms with Crippen LogP contribution in [-0.2, 0) is 13.5 Å². The van der Waals surface area contributed by atoms with Crippen molar-refractivity contribution in [2.75, 3.05) is 19.7 Å². The molecule has 1 aromatic heterocycles. The van der Waals surface area contributed by atoms with Gasteiger partial charge in [0.05, 0.1) is 6.61 Å². The van der Waals surface area contributed by atoms with Crippen LogP contribution in [0, 0.1) is 0 Å². The zero-order chi connectivity index (χ0) is 11.4. The normalized spacial score (nSPS) is 16.7. The molecule has 16 heavy (non-hydrogen) atoms. The van der Waals surface area contributed by atoms with E-state index in [1.165, 1.54) is 25.0 Å². The monoisotopic (exact) mass is 223 g/mol. The summed E-state index contributed by atoms with van der Waals surface area (Å²) in [6.07, 6.45) is 6.80. The molecule has 1 saturated carbocycles. The van der Waals surface area contributed by atoms with Crippen LogP contribution in [0.2, 0.25) is 0 Å². The van der Waals surface area contributed by atoms with Crippen molar-refractivity contribution in [3.63, 3.8) is 0 Å². The zero-order valence-corrected chi connectivity index (χ0v) is 9.97. The van der Waals surface area contributed by atoms with E-state index in [9.17, 15) is 0 Å². The lowest BCUT2D eigenvalue weighted by Gasteiger charge is -2.37. The van der Waals surface area contributed by atoms with E-state index in [4.69, 9.17) is 5.11 Å².